The van der Waals surface area contributed by atoms with Crippen LogP contribution in [0.2, 0.25) is 0 Å². The Bertz CT molecular complexity index is 1030. The minimum Gasteiger partial charge on any atom is -0.459 e. The van der Waals surface area contributed by atoms with E-state index in [-0.39, 0.29) is 17.1 Å². The molecule has 0 aliphatic rings. The Morgan fingerprint density at radius 2 is 1.79 bits per heavy atom. The monoisotopic (exact) mass is 377 g/mol. The highest BCUT2D eigenvalue weighted by molar-refractivity contribution is 6.10. The zero-order valence-electron chi connectivity index (χ0n) is 14.5. The first kappa shape index (κ1) is 18.6. The van der Waals surface area contributed by atoms with Gasteiger partial charge in [0.15, 0.2) is 5.76 Å². The lowest BCUT2D eigenvalue weighted by Gasteiger charge is -2.10. The molecular formula is C20H15N3O5. The van der Waals surface area contributed by atoms with Gasteiger partial charge in [0.1, 0.15) is 5.70 Å². The van der Waals surface area contributed by atoms with Crippen molar-refractivity contribution in [3.8, 4) is 0 Å². The fraction of sp³-hybridized carbons (Fsp3) is 0. The van der Waals surface area contributed by atoms with Crippen LogP contribution in [0.1, 0.15) is 16.1 Å². The van der Waals surface area contributed by atoms with Gasteiger partial charge < -0.3 is 15.1 Å². The normalized spacial score (nSPS) is 10.9. The van der Waals surface area contributed by atoms with Gasteiger partial charge in [-0.15, -0.1) is 0 Å². The second kappa shape index (κ2) is 8.45. The first-order chi connectivity index (χ1) is 13.5. The van der Waals surface area contributed by atoms with Gasteiger partial charge in [0, 0.05) is 17.8 Å². The summed E-state index contributed by atoms with van der Waals surface area (Å²) in [6, 6.07) is 17.4. The summed E-state index contributed by atoms with van der Waals surface area (Å²) in [6.45, 7) is 0. The molecule has 3 rings (SSSR count). The molecule has 140 valence electrons. The van der Waals surface area contributed by atoms with E-state index in [1.807, 2.05) is 0 Å². The molecule has 0 aliphatic carbocycles. The van der Waals surface area contributed by atoms with Gasteiger partial charge in [0.25, 0.3) is 17.5 Å². The summed E-state index contributed by atoms with van der Waals surface area (Å²) in [4.78, 5) is 35.4. The molecule has 0 saturated carbocycles. The van der Waals surface area contributed by atoms with Gasteiger partial charge in [-0.2, -0.15) is 0 Å². The van der Waals surface area contributed by atoms with Crippen molar-refractivity contribution in [1.29, 1.82) is 0 Å². The van der Waals surface area contributed by atoms with E-state index >= 15 is 0 Å². The van der Waals surface area contributed by atoms with Crippen molar-refractivity contribution in [2.24, 2.45) is 0 Å². The van der Waals surface area contributed by atoms with Crippen molar-refractivity contribution in [1.82, 2.24) is 5.32 Å². The number of carbonyl (C=O) groups is 2. The number of furan rings is 1. The zero-order valence-corrected chi connectivity index (χ0v) is 14.5. The number of non-ortho nitro benzene ring substituents is 1. The van der Waals surface area contributed by atoms with Crippen molar-refractivity contribution in [3.05, 3.63) is 100 Å². The van der Waals surface area contributed by atoms with E-state index in [1.165, 1.54) is 36.6 Å². The number of rotatable bonds is 6. The number of para-hydroxylation sites is 1. The third-order valence-electron chi connectivity index (χ3n) is 3.66. The highest BCUT2D eigenvalue weighted by atomic mass is 16.6. The summed E-state index contributed by atoms with van der Waals surface area (Å²) < 4.78 is 5.03. The van der Waals surface area contributed by atoms with E-state index in [2.05, 4.69) is 10.6 Å². The number of hydrogen-bond acceptors (Lipinski definition) is 5. The van der Waals surface area contributed by atoms with Crippen LogP contribution < -0.4 is 10.6 Å². The van der Waals surface area contributed by atoms with Crippen LogP contribution in [0.4, 0.5) is 11.4 Å². The van der Waals surface area contributed by atoms with Gasteiger partial charge in [-0.3, -0.25) is 19.7 Å². The largest absolute Gasteiger partial charge is 0.459 e. The average Bonchev–Trinajstić information content (AvgIpc) is 3.23. The number of nitro benzene ring substituents is 1. The number of carbonyl (C=O) groups excluding carboxylic acids is 2. The van der Waals surface area contributed by atoms with Crippen molar-refractivity contribution < 1.29 is 18.9 Å². The molecule has 0 aliphatic heterocycles. The quantitative estimate of drug-likeness (QED) is 0.387. The Hall–Kier alpha value is -4.20. The van der Waals surface area contributed by atoms with E-state index in [0.717, 1.165) is 0 Å². The van der Waals surface area contributed by atoms with Gasteiger partial charge in [0.2, 0.25) is 0 Å². The van der Waals surface area contributed by atoms with Gasteiger partial charge >= 0.3 is 0 Å². The molecule has 28 heavy (non-hydrogen) atoms. The Morgan fingerprint density at radius 3 is 2.46 bits per heavy atom. The second-order valence-electron chi connectivity index (χ2n) is 5.66. The van der Waals surface area contributed by atoms with Gasteiger partial charge in [-0.25, -0.2) is 0 Å². The smallest absolute Gasteiger partial charge is 0.291 e. The number of amides is 2. The van der Waals surface area contributed by atoms with Crippen LogP contribution in [-0.4, -0.2) is 16.7 Å². The molecule has 1 heterocycles. The third kappa shape index (κ3) is 4.70. The Morgan fingerprint density at radius 1 is 1.00 bits per heavy atom. The maximum absolute atomic E-state index is 12.7. The van der Waals surface area contributed by atoms with Crippen molar-refractivity contribution in [3.63, 3.8) is 0 Å². The molecule has 0 unspecified atom stereocenters. The standard InChI is InChI=1S/C20H15N3O5/c24-19(21-15-7-2-1-3-8-15)17(22-20(25)18-10-5-11-28-18)13-14-6-4-9-16(12-14)23(26)27/h1-13H,(H,21,24)(H,22,25)/b17-13-. The first-order valence-corrected chi connectivity index (χ1v) is 8.20. The summed E-state index contributed by atoms with van der Waals surface area (Å²) in [7, 11) is 0. The summed E-state index contributed by atoms with van der Waals surface area (Å²) in [5.74, 6) is -1.18. The third-order valence-corrected chi connectivity index (χ3v) is 3.66. The molecule has 2 N–H and O–H groups in total. The Balaban J connectivity index is 1.91. The molecule has 0 radical (unpaired) electrons. The molecule has 0 saturated heterocycles. The fourth-order valence-electron chi connectivity index (χ4n) is 2.36. The van der Waals surface area contributed by atoms with Crippen molar-refractivity contribution in [2.45, 2.75) is 0 Å². The lowest BCUT2D eigenvalue weighted by molar-refractivity contribution is -0.384. The lowest BCUT2D eigenvalue weighted by Crippen LogP contribution is -2.30. The molecule has 0 fully saturated rings. The average molecular weight is 377 g/mol. The highest BCUT2D eigenvalue weighted by Gasteiger charge is 2.17. The fourth-order valence-corrected chi connectivity index (χ4v) is 2.36. The van der Waals surface area contributed by atoms with E-state index in [1.54, 1.807) is 42.5 Å². The van der Waals surface area contributed by atoms with Crippen LogP contribution >= 0.6 is 0 Å². The minimum absolute atomic E-state index is 0.0254. The number of nitrogens with zero attached hydrogens (tertiary/aromatic N) is 1. The molecule has 3 aromatic rings. The maximum atomic E-state index is 12.7. The number of nitro groups is 1. The first-order valence-electron chi connectivity index (χ1n) is 8.20. The highest BCUT2D eigenvalue weighted by Crippen LogP contribution is 2.16. The Labute approximate surface area is 159 Å². The van der Waals surface area contributed by atoms with Crippen LogP contribution in [0.5, 0.6) is 0 Å². The van der Waals surface area contributed by atoms with Crippen LogP contribution in [0.15, 0.2) is 83.1 Å². The topological polar surface area (TPSA) is 114 Å². The maximum Gasteiger partial charge on any atom is 0.291 e. The minimum atomic E-state index is -0.620. The molecule has 0 bridgehead atoms. The van der Waals surface area contributed by atoms with E-state index in [9.17, 15) is 19.7 Å². The number of hydrogen-bond donors (Lipinski definition) is 2. The van der Waals surface area contributed by atoms with Gasteiger partial charge in [-0.1, -0.05) is 30.3 Å². The molecule has 1 aromatic heterocycles. The molecular weight excluding hydrogens is 362 g/mol. The molecule has 8 nitrogen and oxygen atoms in total. The SMILES string of the molecule is O=C(Nc1ccccc1)/C(=C/c1cccc([N+](=O)[O-])c1)NC(=O)c1ccco1. The number of anilines is 1. The Kier molecular flexibility index (Phi) is 5.61. The van der Waals surface area contributed by atoms with E-state index < -0.39 is 16.7 Å². The summed E-state index contributed by atoms with van der Waals surface area (Å²) in [5.41, 5.74) is 0.691. The molecule has 2 amide bonds. The second-order valence-corrected chi connectivity index (χ2v) is 5.66. The van der Waals surface area contributed by atoms with Gasteiger partial charge in [-0.05, 0) is 35.9 Å². The summed E-state index contributed by atoms with van der Waals surface area (Å²) >= 11 is 0. The molecule has 8 heteroatoms. The predicted octanol–water partition coefficient (Wildman–Crippen LogP) is 3.60. The number of nitrogens with one attached hydrogen (secondary N) is 2. The molecule has 2 aromatic carbocycles. The van der Waals surface area contributed by atoms with Crippen molar-refractivity contribution >= 4 is 29.3 Å². The molecule has 0 atom stereocenters. The summed E-state index contributed by atoms with van der Waals surface area (Å²) in [6.07, 6.45) is 2.69. The van der Waals surface area contributed by atoms with E-state index in [0.29, 0.717) is 11.3 Å². The van der Waals surface area contributed by atoms with Gasteiger partial charge in [0.05, 0.1) is 11.2 Å². The van der Waals surface area contributed by atoms with Crippen LogP contribution in [-0.2, 0) is 4.79 Å². The van der Waals surface area contributed by atoms with Crippen LogP contribution in [0.25, 0.3) is 6.08 Å². The number of benzene rings is 2. The lowest BCUT2D eigenvalue weighted by atomic mass is 10.1. The van der Waals surface area contributed by atoms with Crippen LogP contribution in [0, 0.1) is 10.1 Å². The molecule has 0 spiro atoms. The predicted molar refractivity (Wildman–Crippen MR) is 102 cm³/mol. The van der Waals surface area contributed by atoms with Crippen molar-refractivity contribution in [2.75, 3.05) is 5.32 Å². The van der Waals surface area contributed by atoms with E-state index in [4.69, 9.17) is 4.42 Å². The van der Waals surface area contributed by atoms with Crippen LogP contribution in [0.3, 0.4) is 0 Å². The summed E-state index contributed by atoms with van der Waals surface area (Å²) in [5, 5.41) is 16.1. The zero-order chi connectivity index (χ0) is 19.9.